The third-order valence-corrected chi connectivity index (χ3v) is 6.28. The number of aryl methyl sites for hydroxylation is 1. The molecule has 0 radical (unpaired) electrons. The van der Waals surface area contributed by atoms with Crippen molar-refractivity contribution in [1.82, 2.24) is 15.2 Å². The lowest BCUT2D eigenvalue weighted by atomic mass is 9.85. The third kappa shape index (κ3) is 4.15. The number of fused-ring (bicyclic) bond motifs is 1. The summed E-state index contributed by atoms with van der Waals surface area (Å²) >= 11 is 1.63. The minimum atomic E-state index is -0.298. The summed E-state index contributed by atoms with van der Waals surface area (Å²) in [5.41, 5.74) is 3.15. The van der Waals surface area contributed by atoms with Gasteiger partial charge in [0.15, 0.2) is 0 Å². The van der Waals surface area contributed by atoms with Gasteiger partial charge >= 0.3 is 0 Å². The standard InChI is InChI=1S/C22H23N3O3S/c1-14-24-19(13-29-14)16-8-6-15(7-9-16)10-11-23-20(26)12-25-21(27)17-4-2-3-5-18(17)22(25)28/h2-3,6-9,13,17-18H,4-5,10-12H2,1H3,(H,23,26)/t17-,18-/m1/s1. The number of amides is 3. The highest BCUT2D eigenvalue weighted by Crippen LogP contribution is 2.34. The summed E-state index contributed by atoms with van der Waals surface area (Å²) in [7, 11) is 0. The summed E-state index contributed by atoms with van der Waals surface area (Å²) < 4.78 is 0. The number of hydrogen-bond acceptors (Lipinski definition) is 5. The number of carbonyl (C=O) groups excluding carboxylic acids is 3. The third-order valence-electron chi connectivity index (χ3n) is 5.51. The summed E-state index contributed by atoms with van der Waals surface area (Å²) in [4.78, 5) is 42.7. The molecule has 2 atom stereocenters. The molecular formula is C22H23N3O3S. The first-order valence-corrected chi connectivity index (χ1v) is 10.7. The Morgan fingerprint density at radius 1 is 1.14 bits per heavy atom. The van der Waals surface area contributed by atoms with Crippen LogP contribution >= 0.6 is 11.3 Å². The maximum Gasteiger partial charge on any atom is 0.240 e. The minimum Gasteiger partial charge on any atom is -0.354 e. The Hall–Kier alpha value is -2.80. The Kier molecular flexibility index (Phi) is 5.58. The maximum absolute atomic E-state index is 12.4. The smallest absolute Gasteiger partial charge is 0.240 e. The number of hydrogen-bond donors (Lipinski definition) is 1. The average Bonchev–Trinajstić information content (AvgIpc) is 3.26. The molecule has 0 spiro atoms. The lowest BCUT2D eigenvalue weighted by Crippen LogP contribution is -2.41. The van der Waals surface area contributed by atoms with Crippen LogP contribution in [0.25, 0.3) is 11.3 Å². The second kappa shape index (κ2) is 8.29. The molecule has 4 rings (SSSR count). The monoisotopic (exact) mass is 409 g/mol. The van der Waals surface area contributed by atoms with Gasteiger partial charge in [-0.25, -0.2) is 4.98 Å². The van der Waals surface area contributed by atoms with Crippen molar-refractivity contribution in [3.8, 4) is 11.3 Å². The van der Waals surface area contributed by atoms with Crippen molar-refractivity contribution in [2.75, 3.05) is 13.1 Å². The molecule has 6 nitrogen and oxygen atoms in total. The SMILES string of the molecule is Cc1nc(-c2ccc(CCNC(=O)CN3C(=O)[C@@H]4CC=CC[C@H]4C3=O)cc2)cs1. The van der Waals surface area contributed by atoms with Crippen LogP contribution < -0.4 is 5.32 Å². The lowest BCUT2D eigenvalue weighted by molar-refractivity contribution is -0.143. The number of nitrogens with zero attached hydrogens (tertiary/aromatic N) is 2. The van der Waals surface area contributed by atoms with Crippen LogP contribution in [-0.2, 0) is 20.8 Å². The van der Waals surface area contributed by atoms with Gasteiger partial charge in [0.2, 0.25) is 17.7 Å². The van der Waals surface area contributed by atoms with Gasteiger partial charge in [-0.05, 0) is 31.7 Å². The fraction of sp³-hybridized carbons (Fsp3) is 0.364. The molecule has 2 aromatic rings. The summed E-state index contributed by atoms with van der Waals surface area (Å²) in [6.45, 7) is 2.25. The summed E-state index contributed by atoms with van der Waals surface area (Å²) in [6.07, 6.45) is 5.74. The highest BCUT2D eigenvalue weighted by Gasteiger charge is 2.47. The van der Waals surface area contributed by atoms with E-state index in [0.29, 0.717) is 25.8 Å². The minimum absolute atomic E-state index is 0.188. The van der Waals surface area contributed by atoms with Gasteiger partial charge in [-0.2, -0.15) is 0 Å². The van der Waals surface area contributed by atoms with Crippen LogP contribution in [0.1, 0.15) is 23.4 Å². The topological polar surface area (TPSA) is 79.4 Å². The molecule has 7 heteroatoms. The lowest BCUT2D eigenvalue weighted by Gasteiger charge is -2.14. The van der Waals surface area contributed by atoms with Crippen molar-refractivity contribution < 1.29 is 14.4 Å². The number of aromatic nitrogens is 1. The molecular weight excluding hydrogens is 386 g/mol. The van der Waals surface area contributed by atoms with Gasteiger partial charge in [0.25, 0.3) is 0 Å². The summed E-state index contributed by atoms with van der Waals surface area (Å²) in [6, 6.07) is 8.12. The van der Waals surface area contributed by atoms with E-state index in [0.717, 1.165) is 26.7 Å². The molecule has 0 unspecified atom stereocenters. The fourth-order valence-electron chi connectivity index (χ4n) is 3.91. The summed E-state index contributed by atoms with van der Waals surface area (Å²) in [5, 5.41) is 5.90. The number of nitrogens with one attached hydrogen (secondary N) is 1. The number of rotatable bonds is 6. The van der Waals surface area contributed by atoms with Gasteiger partial charge in [-0.15, -0.1) is 11.3 Å². The first-order chi connectivity index (χ1) is 14.0. The molecule has 1 aliphatic heterocycles. The number of likely N-dealkylation sites (tertiary alicyclic amines) is 1. The van der Waals surface area contributed by atoms with Gasteiger partial charge < -0.3 is 5.32 Å². The van der Waals surface area contributed by atoms with Crippen LogP contribution in [0.5, 0.6) is 0 Å². The Morgan fingerprint density at radius 2 is 1.79 bits per heavy atom. The van der Waals surface area contributed by atoms with Crippen LogP contribution in [-0.4, -0.2) is 40.7 Å². The van der Waals surface area contributed by atoms with Crippen molar-refractivity contribution in [2.45, 2.75) is 26.2 Å². The van der Waals surface area contributed by atoms with Gasteiger partial charge in [-0.1, -0.05) is 36.4 Å². The Morgan fingerprint density at radius 3 is 2.38 bits per heavy atom. The van der Waals surface area contributed by atoms with E-state index in [4.69, 9.17) is 0 Å². The van der Waals surface area contributed by atoms with E-state index >= 15 is 0 Å². The van der Waals surface area contributed by atoms with E-state index in [2.05, 4.69) is 10.3 Å². The normalized spacial score (nSPS) is 20.8. The zero-order valence-electron chi connectivity index (χ0n) is 16.3. The van der Waals surface area contributed by atoms with Crippen LogP contribution in [0.15, 0.2) is 41.8 Å². The first kappa shape index (κ1) is 19.5. The number of thiazole rings is 1. The van der Waals surface area contributed by atoms with Crippen molar-refractivity contribution in [3.63, 3.8) is 0 Å². The molecule has 150 valence electrons. The van der Waals surface area contributed by atoms with Gasteiger partial charge in [0.05, 0.1) is 22.5 Å². The molecule has 3 amide bonds. The van der Waals surface area contributed by atoms with Crippen molar-refractivity contribution in [1.29, 1.82) is 0 Å². The first-order valence-electron chi connectivity index (χ1n) is 9.81. The largest absolute Gasteiger partial charge is 0.354 e. The van der Waals surface area contributed by atoms with Crippen LogP contribution in [0, 0.1) is 18.8 Å². The zero-order valence-corrected chi connectivity index (χ0v) is 17.1. The molecule has 0 bridgehead atoms. The van der Waals surface area contributed by atoms with E-state index in [9.17, 15) is 14.4 Å². The van der Waals surface area contributed by atoms with Gasteiger partial charge in [0, 0.05) is 17.5 Å². The maximum atomic E-state index is 12.4. The molecule has 1 fully saturated rings. The molecule has 1 N–H and O–H groups in total. The molecule has 0 saturated carbocycles. The van der Waals surface area contributed by atoms with E-state index in [1.54, 1.807) is 11.3 Å². The molecule has 1 aromatic heterocycles. The summed E-state index contributed by atoms with van der Waals surface area (Å²) in [5.74, 6) is -1.31. The molecule has 2 heterocycles. The molecule has 1 aromatic carbocycles. The van der Waals surface area contributed by atoms with Crippen molar-refractivity contribution in [2.24, 2.45) is 11.8 Å². The molecule has 2 aliphatic rings. The highest BCUT2D eigenvalue weighted by atomic mass is 32.1. The van der Waals surface area contributed by atoms with Crippen molar-refractivity contribution >= 4 is 29.1 Å². The predicted octanol–water partition coefficient (Wildman–Crippen LogP) is 2.73. The van der Waals surface area contributed by atoms with Crippen LogP contribution in [0.3, 0.4) is 0 Å². The highest BCUT2D eigenvalue weighted by molar-refractivity contribution is 7.09. The quantitative estimate of drug-likeness (QED) is 0.588. The number of allylic oxidation sites excluding steroid dienone is 2. The van der Waals surface area contributed by atoms with E-state index in [1.807, 2.05) is 48.7 Å². The van der Waals surface area contributed by atoms with Gasteiger partial charge in [0.1, 0.15) is 6.54 Å². The Balaban J connectivity index is 1.26. The van der Waals surface area contributed by atoms with Crippen molar-refractivity contribution in [3.05, 3.63) is 52.4 Å². The molecule has 1 saturated heterocycles. The van der Waals surface area contributed by atoms with E-state index in [1.165, 1.54) is 0 Å². The predicted molar refractivity (Wildman–Crippen MR) is 111 cm³/mol. The molecule has 29 heavy (non-hydrogen) atoms. The van der Waals surface area contributed by atoms with Crippen LogP contribution in [0.4, 0.5) is 0 Å². The Bertz CT molecular complexity index is 938. The number of imide groups is 1. The van der Waals surface area contributed by atoms with E-state index in [-0.39, 0.29) is 36.1 Å². The van der Waals surface area contributed by atoms with E-state index < -0.39 is 0 Å². The number of carbonyl (C=O) groups is 3. The Labute approximate surface area is 173 Å². The zero-order chi connectivity index (χ0) is 20.4. The second-order valence-corrected chi connectivity index (χ2v) is 8.53. The average molecular weight is 410 g/mol. The van der Waals surface area contributed by atoms with Crippen LogP contribution in [0.2, 0.25) is 0 Å². The molecule has 1 aliphatic carbocycles. The fourth-order valence-corrected chi connectivity index (χ4v) is 4.53. The van der Waals surface area contributed by atoms with Gasteiger partial charge in [-0.3, -0.25) is 19.3 Å². The second-order valence-electron chi connectivity index (χ2n) is 7.47. The number of benzene rings is 1.